The lowest BCUT2D eigenvalue weighted by Crippen LogP contribution is -2.33. The summed E-state index contributed by atoms with van der Waals surface area (Å²) >= 11 is 0. The fraction of sp³-hybridized carbons (Fsp3) is 0.444. The second-order valence-corrected chi connectivity index (χ2v) is 27.9. The van der Waals surface area contributed by atoms with Gasteiger partial charge in [-0.3, -0.25) is 32.4 Å². The molecule has 3 aliphatic heterocycles. The molecule has 5 N–H and O–H groups in total. The number of imide groups is 1. The molecular formula is C54H66N3O23S5+. The maximum atomic E-state index is 13.2. The zero-order valence-electron chi connectivity index (χ0n) is 46.9. The molecule has 3 aliphatic rings. The van der Waals surface area contributed by atoms with E-state index < -0.39 is 105 Å². The van der Waals surface area contributed by atoms with E-state index in [2.05, 4.69) is 0 Å². The fourth-order valence-corrected chi connectivity index (χ4v) is 14.2. The molecule has 1 fully saturated rings. The van der Waals surface area contributed by atoms with Gasteiger partial charge >= 0.3 is 5.97 Å². The highest BCUT2D eigenvalue weighted by atomic mass is 32.2. The van der Waals surface area contributed by atoms with Gasteiger partial charge in [0.1, 0.15) is 16.3 Å². The number of benzene rings is 4. The van der Waals surface area contributed by atoms with Gasteiger partial charge in [-0.15, -0.1) is 5.06 Å². The Kier molecular flexibility index (Phi) is 20.5. The lowest BCUT2D eigenvalue weighted by molar-refractivity contribution is -0.438. The minimum Gasteiger partial charge on any atom is -0.382 e. The van der Waals surface area contributed by atoms with Crippen molar-refractivity contribution in [2.45, 2.75) is 103 Å². The zero-order valence-corrected chi connectivity index (χ0v) is 51.0. The number of methoxy groups -OCH3 is 1. The van der Waals surface area contributed by atoms with E-state index in [0.29, 0.717) is 76.5 Å². The number of likely N-dealkylation sites (N-methyl/N-ethyl adjacent to an activating group) is 1. The van der Waals surface area contributed by atoms with Crippen molar-refractivity contribution in [3.8, 4) is 0 Å². The van der Waals surface area contributed by atoms with Gasteiger partial charge in [-0.25, -0.2) is 4.79 Å². The molecule has 0 aromatic heterocycles. The van der Waals surface area contributed by atoms with Crippen molar-refractivity contribution in [3.05, 3.63) is 95.2 Å². The van der Waals surface area contributed by atoms with Crippen molar-refractivity contribution in [2.75, 3.05) is 77.1 Å². The van der Waals surface area contributed by atoms with Crippen molar-refractivity contribution in [3.63, 3.8) is 0 Å². The van der Waals surface area contributed by atoms with E-state index in [9.17, 15) is 79.2 Å². The summed E-state index contributed by atoms with van der Waals surface area (Å²) < 4.78 is 202. The Bertz CT molecular complexity index is 4030. The monoisotopic (exact) mass is 1280 g/mol. The number of nitrogens with zero attached hydrogens (tertiary/aromatic N) is 3. The summed E-state index contributed by atoms with van der Waals surface area (Å²) in [5.74, 6) is -2.99. The number of allylic oxidation sites excluding steroid dienone is 6. The maximum Gasteiger partial charge on any atom is 0.333 e. The standard InChI is InChI=1S/C54H65N3O23S5/c1-6-55-42-14-12-38-40(31-36(82(64,65)66)33-44(38)84(70,71)72)51(42)53(3,20-8-30-81(61,62)63)46(55)16-10-35(2)11-17-47-54(4,21-23-77-26-27-79-29-28-78-25-24-76-5)52-41-32-37(83(67,68)69)34-45(85(73,74)75)39(41)13-15-43(52)56(47)22-7-9-50(60)80-57-48(58)18-19-49(57)59/h10-17,31-34H,6-9,18-30H2,1-5H3,(H4-,61,62,63,64,65,66,67,68,69,70,71,72,73,74,75)/p+1. The largest absolute Gasteiger partial charge is 0.382 e. The Morgan fingerprint density at radius 3 is 1.71 bits per heavy atom. The van der Waals surface area contributed by atoms with Gasteiger partial charge in [0.2, 0.25) is 5.69 Å². The SMILES string of the molecule is CCN1C(=CC=C(C)C=CC2=[N+](CCCC(=O)ON3C(=O)CCC3=O)c3ccc4c(S(=O)(=O)O)cc(S(=O)(=O)O)cc4c3C2(C)CCOCCOCCOCCOC)C(C)(CCCS(=O)(=O)O)c2c1ccc1c(S(=O)(=O)O)cc(S(=O)(=O)O)cc21. The van der Waals surface area contributed by atoms with Crippen LogP contribution in [0.25, 0.3) is 21.5 Å². The van der Waals surface area contributed by atoms with Crippen LogP contribution < -0.4 is 4.90 Å². The number of hydrogen-bond donors (Lipinski definition) is 5. The van der Waals surface area contributed by atoms with E-state index in [0.717, 1.165) is 12.1 Å². The van der Waals surface area contributed by atoms with Crippen molar-refractivity contribution in [1.82, 2.24) is 5.06 Å². The molecule has 4 aromatic rings. The van der Waals surface area contributed by atoms with Gasteiger partial charge in [0, 0.05) is 84.8 Å². The van der Waals surface area contributed by atoms with Gasteiger partial charge in [0.25, 0.3) is 62.4 Å². The van der Waals surface area contributed by atoms with Crippen molar-refractivity contribution < 1.29 is 108 Å². The summed E-state index contributed by atoms with van der Waals surface area (Å²) in [6.45, 7) is 8.74. The van der Waals surface area contributed by atoms with Crippen molar-refractivity contribution in [1.29, 1.82) is 0 Å². The second kappa shape index (κ2) is 26.2. The number of fused-ring (bicyclic) bond motifs is 6. The van der Waals surface area contributed by atoms with Gasteiger partial charge < -0.3 is 28.7 Å². The lowest BCUT2D eigenvalue weighted by atomic mass is 9.74. The van der Waals surface area contributed by atoms with Crippen LogP contribution in [0, 0.1) is 0 Å². The summed E-state index contributed by atoms with van der Waals surface area (Å²) in [4.78, 5) is 41.4. The number of carbonyl (C=O) groups is 3. The molecule has 1 saturated heterocycles. The Balaban J connectivity index is 1.38. The summed E-state index contributed by atoms with van der Waals surface area (Å²) in [5, 5.41) is 0.152. The molecule has 7 rings (SSSR count). The quantitative estimate of drug-likeness (QED) is 0.0144. The number of amides is 2. The van der Waals surface area contributed by atoms with Crippen LogP contribution in [-0.4, -0.2) is 170 Å². The molecule has 3 heterocycles. The smallest absolute Gasteiger partial charge is 0.333 e. The summed E-state index contributed by atoms with van der Waals surface area (Å²) in [7, 11) is -23.5. The minimum absolute atomic E-state index is 0.000928. The van der Waals surface area contributed by atoms with Crippen molar-refractivity contribution >= 4 is 107 Å². The van der Waals surface area contributed by atoms with Crippen molar-refractivity contribution in [2.24, 2.45) is 0 Å². The van der Waals surface area contributed by atoms with Crippen LogP contribution in [-0.2, 0) is 99.6 Å². The summed E-state index contributed by atoms with van der Waals surface area (Å²) in [5.41, 5.74) is 0.271. The Labute approximate surface area is 492 Å². The minimum atomic E-state index is -5.17. The third kappa shape index (κ3) is 15.1. The highest BCUT2D eigenvalue weighted by Crippen LogP contribution is 2.54. The number of carbonyl (C=O) groups excluding carboxylic acids is 3. The van der Waals surface area contributed by atoms with Crippen LogP contribution in [0.4, 0.5) is 11.4 Å². The molecule has 0 bridgehead atoms. The predicted octanol–water partition coefficient (Wildman–Crippen LogP) is 5.66. The summed E-state index contributed by atoms with van der Waals surface area (Å²) in [6.07, 6.45) is 6.05. The first-order valence-electron chi connectivity index (χ1n) is 26.5. The highest BCUT2D eigenvalue weighted by molar-refractivity contribution is 7.87. The van der Waals surface area contributed by atoms with Crippen LogP contribution in [0.15, 0.2) is 104 Å². The van der Waals surface area contributed by atoms with Gasteiger partial charge in [-0.2, -0.15) is 46.7 Å². The first kappa shape index (κ1) is 66.6. The zero-order chi connectivity index (χ0) is 62.7. The van der Waals surface area contributed by atoms with E-state index >= 15 is 0 Å². The van der Waals surface area contributed by atoms with Crippen LogP contribution in [0.1, 0.15) is 83.8 Å². The molecule has 0 spiro atoms. The van der Waals surface area contributed by atoms with Crippen LogP contribution in [0.5, 0.6) is 0 Å². The molecule has 31 heteroatoms. The molecule has 2 unspecified atom stereocenters. The van der Waals surface area contributed by atoms with Crippen LogP contribution in [0.2, 0.25) is 0 Å². The Morgan fingerprint density at radius 2 is 1.19 bits per heavy atom. The fourth-order valence-electron chi connectivity index (χ4n) is 11.0. The van der Waals surface area contributed by atoms with E-state index in [1.807, 2.05) is 4.90 Å². The van der Waals surface area contributed by atoms with E-state index in [1.165, 1.54) is 18.2 Å². The molecule has 0 radical (unpaired) electrons. The molecule has 0 aliphatic carbocycles. The third-order valence-corrected chi connectivity index (χ3v) is 19.2. The van der Waals surface area contributed by atoms with E-state index in [4.69, 9.17) is 23.8 Å². The maximum absolute atomic E-state index is 13.2. The van der Waals surface area contributed by atoms with E-state index in [-0.39, 0.29) is 106 Å². The average Bonchev–Trinajstić information content (AvgIpc) is 1.64. The predicted molar refractivity (Wildman–Crippen MR) is 307 cm³/mol. The Hall–Kier alpha value is -5.91. The summed E-state index contributed by atoms with van der Waals surface area (Å²) in [6, 6.07) is 9.16. The van der Waals surface area contributed by atoms with Crippen LogP contribution in [0.3, 0.4) is 0 Å². The van der Waals surface area contributed by atoms with Crippen LogP contribution >= 0.6 is 0 Å². The number of ether oxygens (including phenoxy) is 4. The number of hydrogen-bond acceptors (Lipinski definition) is 19. The normalized spacial score (nSPS) is 19.4. The topological polar surface area (TPSA) is 379 Å². The molecule has 0 saturated carbocycles. The third-order valence-electron chi connectivity index (χ3n) is 14.9. The number of rotatable bonds is 29. The number of hydroxylamine groups is 2. The lowest BCUT2D eigenvalue weighted by Gasteiger charge is -2.30. The van der Waals surface area contributed by atoms with Gasteiger partial charge in [-0.1, -0.05) is 23.8 Å². The molecule has 4 aromatic carbocycles. The Morgan fingerprint density at radius 1 is 0.659 bits per heavy atom. The first-order valence-corrected chi connectivity index (χ1v) is 33.9. The molecule has 26 nitrogen and oxygen atoms in total. The molecule has 2 atom stereocenters. The van der Waals surface area contributed by atoms with E-state index in [1.54, 1.807) is 69.8 Å². The highest BCUT2D eigenvalue weighted by Gasteiger charge is 2.50. The molecule has 2 amide bonds. The second-order valence-electron chi connectivity index (χ2n) is 20.7. The average molecular weight is 1290 g/mol. The van der Waals surface area contributed by atoms with Gasteiger partial charge in [-0.05, 0) is 106 Å². The molecular weight excluding hydrogens is 1220 g/mol. The molecule has 85 heavy (non-hydrogen) atoms. The van der Waals surface area contributed by atoms with Gasteiger partial charge in [0.15, 0.2) is 5.71 Å². The number of anilines is 1. The van der Waals surface area contributed by atoms with Gasteiger partial charge in [0.05, 0.1) is 67.0 Å². The molecule has 464 valence electrons. The first-order chi connectivity index (χ1) is 39.7.